The summed E-state index contributed by atoms with van der Waals surface area (Å²) in [5.41, 5.74) is 1.51. The Hall–Kier alpha value is -2.04. The summed E-state index contributed by atoms with van der Waals surface area (Å²) in [6.45, 7) is 6.13. The van der Waals surface area contributed by atoms with Gasteiger partial charge in [0.2, 0.25) is 0 Å². The first kappa shape index (κ1) is 17.0. The normalized spacial score (nSPS) is 12.0. The quantitative estimate of drug-likeness (QED) is 0.845. The smallest absolute Gasteiger partial charge is 0.321 e. The van der Waals surface area contributed by atoms with Crippen molar-refractivity contribution in [3.8, 4) is 0 Å². The third kappa shape index (κ3) is 5.10. The predicted molar refractivity (Wildman–Crippen MR) is 83.5 cm³/mol. The molecule has 0 aromatic heterocycles. The first-order valence-corrected chi connectivity index (χ1v) is 7.16. The molecule has 1 unspecified atom stereocenters. The van der Waals surface area contributed by atoms with E-state index in [1.54, 1.807) is 18.0 Å². The molecule has 21 heavy (non-hydrogen) atoms. The molecule has 0 spiro atoms. The van der Waals surface area contributed by atoms with Crippen LogP contribution in [0.5, 0.6) is 0 Å². The van der Waals surface area contributed by atoms with Crippen LogP contribution in [0.1, 0.15) is 32.8 Å². The largest absolute Gasteiger partial charge is 0.481 e. The lowest BCUT2D eigenvalue weighted by molar-refractivity contribution is -0.136. The van der Waals surface area contributed by atoms with Crippen LogP contribution in [-0.2, 0) is 11.2 Å². The molecule has 5 heteroatoms. The third-order valence-electron chi connectivity index (χ3n) is 3.76. The van der Waals surface area contributed by atoms with Gasteiger partial charge >= 0.3 is 12.0 Å². The molecule has 1 rings (SSSR count). The number of amides is 2. The number of nitrogens with one attached hydrogen (secondary N) is 1. The zero-order valence-corrected chi connectivity index (χ0v) is 13.1. The van der Waals surface area contributed by atoms with Crippen LogP contribution >= 0.6 is 0 Å². The molecule has 0 bridgehead atoms. The summed E-state index contributed by atoms with van der Waals surface area (Å²) in [4.78, 5) is 24.6. The molecular formula is C16H24N2O3. The van der Waals surface area contributed by atoms with Crippen molar-refractivity contribution < 1.29 is 14.7 Å². The second-order valence-corrected chi connectivity index (χ2v) is 5.58. The van der Waals surface area contributed by atoms with E-state index in [9.17, 15) is 9.59 Å². The number of para-hydroxylation sites is 1. The number of carbonyl (C=O) groups is 2. The highest BCUT2D eigenvalue weighted by molar-refractivity contribution is 5.90. The van der Waals surface area contributed by atoms with Gasteiger partial charge in [-0.2, -0.15) is 0 Å². The highest BCUT2D eigenvalue weighted by Crippen LogP contribution is 2.18. The molecule has 1 aromatic rings. The average Bonchev–Trinajstić information content (AvgIpc) is 2.44. The van der Waals surface area contributed by atoms with Crippen LogP contribution in [-0.4, -0.2) is 35.1 Å². The number of rotatable bonds is 6. The van der Waals surface area contributed by atoms with Crippen molar-refractivity contribution in [1.29, 1.82) is 0 Å². The Morgan fingerprint density at radius 2 is 1.86 bits per heavy atom. The third-order valence-corrected chi connectivity index (χ3v) is 3.76. The van der Waals surface area contributed by atoms with Crippen LogP contribution < -0.4 is 5.32 Å². The van der Waals surface area contributed by atoms with Crippen LogP contribution in [0.15, 0.2) is 24.3 Å². The summed E-state index contributed by atoms with van der Waals surface area (Å²) < 4.78 is 0. The Kier molecular flexibility index (Phi) is 6.21. The highest BCUT2D eigenvalue weighted by Gasteiger charge is 2.19. The number of carbonyl (C=O) groups excluding carboxylic acids is 1. The number of urea groups is 1. The molecule has 2 N–H and O–H groups in total. The molecule has 1 aromatic carbocycles. The Morgan fingerprint density at radius 1 is 1.24 bits per heavy atom. The molecule has 0 aliphatic rings. The van der Waals surface area contributed by atoms with Crippen molar-refractivity contribution in [2.75, 3.05) is 12.4 Å². The number of aliphatic carboxylic acids is 1. The van der Waals surface area contributed by atoms with E-state index in [1.165, 1.54) is 0 Å². The summed E-state index contributed by atoms with van der Waals surface area (Å²) >= 11 is 0. The van der Waals surface area contributed by atoms with Crippen LogP contribution in [0.2, 0.25) is 0 Å². The van der Waals surface area contributed by atoms with E-state index in [2.05, 4.69) is 19.2 Å². The van der Waals surface area contributed by atoms with Gasteiger partial charge in [-0.15, -0.1) is 0 Å². The molecule has 0 saturated carbocycles. The number of hydrogen-bond donors (Lipinski definition) is 2. The number of carboxylic acid groups (broad SMARTS) is 1. The summed E-state index contributed by atoms with van der Waals surface area (Å²) in [5, 5.41) is 11.6. The minimum Gasteiger partial charge on any atom is -0.481 e. The lowest BCUT2D eigenvalue weighted by Gasteiger charge is -2.28. The van der Waals surface area contributed by atoms with Gasteiger partial charge in [0.15, 0.2) is 0 Å². The van der Waals surface area contributed by atoms with Crippen molar-refractivity contribution in [3.05, 3.63) is 29.8 Å². The summed E-state index contributed by atoms with van der Waals surface area (Å²) in [7, 11) is 1.76. The number of hydrogen-bond acceptors (Lipinski definition) is 2. The van der Waals surface area contributed by atoms with E-state index >= 15 is 0 Å². The second kappa shape index (κ2) is 7.67. The summed E-state index contributed by atoms with van der Waals surface area (Å²) in [5.74, 6) is -0.482. The van der Waals surface area contributed by atoms with Crippen LogP contribution in [0.3, 0.4) is 0 Å². The van der Waals surface area contributed by atoms with Gasteiger partial charge < -0.3 is 15.3 Å². The fourth-order valence-corrected chi connectivity index (χ4v) is 1.94. The van der Waals surface area contributed by atoms with E-state index < -0.39 is 5.97 Å². The van der Waals surface area contributed by atoms with Crippen LogP contribution in [0.4, 0.5) is 10.5 Å². The van der Waals surface area contributed by atoms with Crippen molar-refractivity contribution in [1.82, 2.24) is 4.90 Å². The molecule has 5 nitrogen and oxygen atoms in total. The van der Waals surface area contributed by atoms with Gasteiger partial charge in [-0.25, -0.2) is 4.79 Å². The van der Waals surface area contributed by atoms with E-state index in [-0.39, 0.29) is 18.5 Å². The number of benzene rings is 1. The van der Waals surface area contributed by atoms with Crippen LogP contribution in [0.25, 0.3) is 0 Å². The summed E-state index contributed by atoms with van der Waals surface area (Å²) in [6.07, 6.45) is 0.445. The molecule has 0 aliphatic carbocycles. The van der Waals surface area contributed by atoms with E-state index in [0.717, 1.165) is 5.56 Å². The molecular weight excluding hydrogens is 268 g/mol. The van der Waals surface area contributed by atoms with Gasteiger partial charge in [-0.3, -0.25) is 4.79 Å². The van der Waals surface area contributed by atoms with Crippen molar-refractivity contribution in [2.24, 2.45) is 5.92 Å². The first-order valence-electron chi connectivity index (χ1n) is 7.16. The molecule has 0 radical (unpaired) electrons. The molecule has 1 atom stereocenters. The topological polar surface area (TPSA) is 69.6 Å². The zero-order chi connectivity index (χ0) is 16.0. The maximum absolute atomic E-state index is 12.2. The number of anilines is 1. The highest BCUT2D eigenvalue weighted by atomic mass is 16.4. The van der Waals surface area contributed by atoms with Gasteiger partial charge in [-0.1, -0.05) is 32.0 Å². The Balaban J connectivity index is 2.78. The second-order valence-electron chi connectivity index (χ2n) is 5.58. The van der Waals surface area contributed by atoms with Gasteiger partial charge in [0, 0.05) is 25.2 Å². The fraction of sp³-hybridized carbons (Fsp3) is 0.500. The minimum absolute atomic E-state index is 0.0467. The number of nitrogens with zero attached hydrogens (tertiary/aromatic N) is 1. The monoisotopic (exact) mass is 292 g/mol. The maximum atomic E-state index is 12.2. The van der Waals surface area contributed by atoms with Crippen LogP contribution in [0, 0.1) is 5.92 Å². The lowest BCUT2D eigenvalue weighted by atomic mass is 10.1. The van der Waals surface area contributed by atoms with E-state index in [4.69, 9.17) is 5.11 Å². The number of carboxylic acids is 1. The predicted octanol–water partition coefficient (Wildman–Crippen LogP) is 3.21. The first-order chi connectivity index (χ1) is 9.82. The SMILES string of the molecule is CC(C)C(C)N(C)C(=O)Nc1ccccc1CCC(=O)O. The lowest BCUT2D eigenvalue weighted by Crippen LogP contribution is -2.41. The fourth-order valence-electron chi connectivity index (χ4n) is 1.94. The van der Waals surface area contributed by atoms with Crippen molar-refractivity contribution >= 4 is 17.7 Å². The average molecular weight is 292 g/mol. The van der Waals surface area contributed by atoms with Gasteiger partial charge in [0.05, 0.1) is 0 Å². The van der Waals surface area contributed by atoms with Crippen molar-refractivity contribution in [3.63, 3.8) is 0 Å². The molecule has 0 fully saturated rings. The summed E-state index contributed by atoms with van der Waals surface area (Å²) in [6, 6.07) is 7.24. The number of aryl methyl sites for hydroxylation is 1. The molecule has 0 heterocycles. The molecule has 0 aliphatic heterocycles. The molecule has 0 saturated heterocycles. The van der Waals surface area contributed by atoms with Gasteiger partial charge in [0.1, 0.15) is 0 Å². The zero-order valence-electron chi connectivity index (χ0n) is 13.1. The van der Waals surface area contributed by atoms with E-state index in [1.807, 2.05) is 25.1 Å². The Bertz CT molecular complexity index is 500. The van der Waals surface area contributed by atoms with Crippen molar-refractivity contribution in [2.45, 2.75) is 39.7 Å². The maximum Gasteiger partial charge on any atom is 0.321 e. The standard InChI is InChI=1S/C16H24N2O3/c1-11(2)12(3)18(4)16(21)17-14-8-6-5-7-13(14)9-10-15(19)20/h5-8,11-12H,9-10H2,1-4H3,(H,17,21)(H,19,20). The van der Waals surface area contributed by atoms with Gasteiger partial charge in [-0.05, 0) is 30.9 Å². The Labute approximate surface area is 126 Å². The van der Waals surface area contributed by atoms with E-state index in [0.29, 0.717) is 18.0 Å². The van der Waals surface area contributed by atoms with Gasteiger partial charge in [0.25, 0.3) is 0 Å². The minimum atomic E-state index is -0.846. The Morgan fingerprint density at radius 3 is 2.43 bits per heavy atom. The molecule has 2 amide bonds. The molecule has 116 valence electrons.